The molecule has 180 valence electrons. The van der Waals surface area contributed by atoms with Gasteiger partial charge in [0.1, 0.15) is 0 Å². The van der Waals surface area contributed by atoms with Gasteiger partial charge in [0, 0.05) is 31.4 Å². The largest absolute Gasteiger partial charge is 0.331 e. The van der Waals surface area contributed by atoms with Crippen LogP contribution in [0, 0.1) is 0 Å². The zero-order chi connectivity index (χ0) is 23.7. The smallest absolute Gasteiger partial charge is 0.256 e. The molecule has 2 heterocycles. The van der Waals surface area contributed by atoms with Crippen molar-refractivity contribution in [2.75, 3.05) is 18.4 Å². The van der Waals surface area contributed by atoms with E-state index in [-0.39, 0.29) is 22.8 Å². The lowest BCUT2D eigenvalue weighted by atomic mass is 9.94. The van der Waals surface area contributed by atoms with Crippen molar-refractivity contribution >= 4 is 27.5 Å². The third-order valence-electron chi connectivity index (χ3n) is 7.29. The summed E-state index contributed by atoms with van der Waals surface area (Å²) >= 11 is 0. The Balaban J connectivity index is 1.31. The molecule has 34 heavy (non-hydrogen) atoms. The summed E-state index contributed by atoms with van der Waals surface area (Å²) in [5, 5.41) is 2.84. The Hall–Kier alpha value is -2.71. The summed E-state index contributed by atoms with van der Waals surface area (Å²) < 4.78 is 27.3. The average molecular weight is 482 g/mol. The second-order valence-electron chi connectivity index (χ2n) is 9.51. The standard InChI is InChI=1S/C26H31N3O4S/c30-25(27-20-12-14-22(15-13-20)34(32,33)28-16-5-2-6-17-28)23-11-7-8-19-18-29(26(31)24(19)23)21-9-3-1-4-10-21/h7-8,11-15,21H,1-6,9-10,16-18H2,(H,27,30). The van der Waals surface area contributed by atoms with Gasteiger partial charge in [0.25, 0.3) is 11.8 Å². The molecule has 2 aromatic rings. The van der Waals surface area contributed by atoms with E-state index < -0.39 is 10.0 Å². The average Bonchev–Trinajstić information content (AvgIpc) is 3.22. The first-order chi connectivity index (χ1) is 16.4. The lowest BCUT2D eigenvalue weighted by molar-refractivity contribution is 0.0657. The summed E-state index contributed by atoms with van der Waals surface area (Å²) in [6.07, 6.45) is 8.36. The second-order valence-corrected chi connectivity index (χ2v) is 11.4. The number of benzene rings is 2. The Morgan fingerprint density at radius 2 is 1.56 bits per heavy atom. The molecule has 2 aliphatic heterocycles. The number of nitrogens with zero attached hydrogens (tertiary/aromatic N) is 2. The third kappa shape index (κ3) is 4.36. The Morgan fingerprint density at radius 1 is 0.882 bits per heavy atom. The number of amides is 2. The van der Waals surface area contributed by atoms with E-state index in [1.165, 1.54) is 22.9 Å². The quantitative estimate of drug-likeness (QED) is 0.686. The summed E-state index contributed by atoms with van der Waals surface area (Å²) in [5.74, 6) is -0.419. The lowest BCUT2D eigenvalue weighted by Crippen LogP contribution is -2.37. The van der Waals surface area contributed by atoms with Gasteiger partial charge in [0.05, 0.1) is 16.0 Å². The molecule has 1 saturated heterocycles. The van der Waals surface area contributed by atoms with Crippen LogP contribution in [0.15, 0.2) is 47.4 Å². The highest BCUT2D eigenvalue weighted by molar-refractivity contribution is 7.89. The van der Waals surface area contributed by atoms with Gasteiger partial charge in [-0.15, -0.1) is 0 Å². The molecule has 5 rings (SSSR count). The van der Waals surface area contributed by atoms with Crippen molar-refractivity contribution in [2.24, 2.45) is 0 Å². The number of rotatable bonds is 5. The van der Waals surface area contributed by atoms with Crippen LogP contribution < -0.4 is 5.32 Å². The number of piperidine rings is 1. The van der Waals surface area contributed by atoms with Crippen molar-refractivity contribution in [1.82, 2.24) is 9.21 Å². The number of fused-ring (bicyclic) bond motifs is 1. The SMILES string of the molecule is O=C(Nc1ccc(S(=O)(=O)N2CCCCC2)cc1)c1cccc2c1C(=O)N(C1CCCCC1)C2. The maximum atomic E-state index is 13.3. The van der Waals surface area contributed by atoms with Gasteiger partial charge in [0.15, 0.2) is 0 Å². The van der Waals surface area contributed by atoms with Gasteiger partial charge in [-0.1, -0.05) is 37.8 Å². The molecular formula is C26H31N3O4S. The van der Waals surface area contributed by atoms with Crippen molar-refractivity contribution in [3.63, 3.8) is 0 Å². The van der Waals surface area contributed by atoms with Gasteiger partial charge in [-0.2, -0.15) is 4.31 Å². The molecule has 0 aromatic heterocycles. The first-order valence-corrected chi connectivity index (χ1v) is 13.7. The molecule has 1 saturated carbocycles. The van der Waals surface area contributed by atoms with Crippen molar-refractivity contribution in [3.05, 3.63) is 59.2 Å². The molecule has 0 unspecified atom stereocenters. The van der Waals surface area contributed by atoms with Gasteiger partial charge in [-0.05, 0) is 61.6 Å². The predicted molar refractivity (Wildman–Crippen MR) is 130 cm³/mol. The van der Waals surface area contributed by atoms with E-state index in [1.807, 2.05) is 17.0 Å². The van der Waals surface area contributed by atoms with E-state index in [9.17, 15) is 18.0 Å². The molecule has 1 aliphatic carbocycles. The van der Waals surface area contributed by atoms with E-state index in [0.717, 1.165) is 50.5 Å². The van der Waals surface area contributed by atoms with Crippen LogP contribution in [-0.2, 0) is 16.6 Å². The van der Waals surface area contributed by atoms with Crippen LogP contribution in [0.1, 0.15) is 77.6 Å². The number of hydrogen-bond donors (Lipinski definition) is 1. The summed E-state index contributed by atoms with van der Waals surface area (Å²) in [7, 11) is -3.52. The lowest BCUT2D eigenvalue weighted by Gasteiger charge is -2.30. The zero-order valence-corrected chi connectivity index (χ0v) is 20.1. The van der Waals surface area contributed by atoms with Crippen LogP contribution in [0.4, 0.5) is 5.69 Å². The fraction of sp³-hybridized carbons (Fsp3) is 0.462. The number of carbonyl (C=O) groups is 2. The van der Waals surface area contributed by atoms with E-state index in [1.54, 1.807) is 18.2 Å². The fourth-order valence-electron chi connectivity index (χ4n) is 5.42. The highest BCUT2D eigenvalue weighted by atomic mass is 32.2. The van der Waals surface area contributed by atoms with E-state index in [0.29, 0.717) is 36.4 Å². The van der Waals surface area contributed by atoms with Gasteiger partial charge in [0.2, 0.25) is 10.0 Å². The second kappa shape index (κ2) is 9.50. The monoisotopic (exact) mass is 481 g/mol. The van der Waals surface area contributed by atoms with Crippen molar-refractivity contribution in [2.45, 2.75) is 68.8 Å². The molecule has 0 radical (unpaired) electrons. The minimum absolute atomic E-state index is 0.0596. The topological polar surface area (TPSA) is 86.8 Å². The van der Waals surface area contributed by atoms with E-state index >= 15 is 0 Å². The van der Waals surface area contributed by atoms with Crippen molar-refractivity contribution < 1.29 is 18.0 Å². The number of carbonyl (C=O) groups excluding carboxylic acids is 2. The molecule has 2 fully saturated rings. The normalized spacial score (nSPS) is 19.8. The molecule has 2 aromatic carbocycles. The van der Waals surface area contributed by atoms with Gasteiger partial charge in [-0.3, -0.25) is 9.59 Å². The highest BCUT2D eigenvalue weighted by Gasteiger charge is 2.36. The van der Waals surface area contributed by atoms with Crippen LogP contribution in [-0.4, -0.2) is 48.6 Å². The minimum atomic E-state index is -3.52. The number of sulfonamides is 1. The molecule has 0 bridgehead atoms. The van der Waals surface area contributed by atoms with Crippen LogP contribution in [0.25, 0.3) is 0 Å². The third-order valence-corrected chi connectivity index (χ3v) is 9.20. The van der Waals surface area contributed by atoms with Crippen LogP contribution in [0.2, 0.25) is 0 Å². The molecule has 3 aliphatic rings. The van der Waals surface area contributed by atoms with Gasteiger partial charge >= 0.3 is 0 Å². The van der Waals surface area contributed by atoms with Gasteiger partial charge < -0.3 is 10.2 Å². The van der Waals surface area contributed by atoms with E-state index in [4.69, 9.17) is 0 Å². The first-order valence-electron chi connectivity index (χ1n) is 12.3. The van der Waals surface area contributed by atoms with Crippen molar-refractivity contribution in [1.29, 1.82) is 0 Å². The van der Waals surface area contributed by atoms with Crippen molar-refractivity contribution in [3.8, 4) is 0 Å². The predicted octanol–water partition coefficient (Wildman–Crippen LogP) is 4.40. The zero-order valence-electron chi connectivity index (χ0n) is 19.3. The summed E-state index contributed by atoms with van der Waals surface area (Å²) in [5.41, 5.74) is 2.25. The summed E-state index contributed by atoms with van der Waals surface area (Å²) in [4.78, 5) is 28.5. The maximum absolute atomic E-state index is 13.3. The minimum Gasteiger partial charge on any atom is -0.331 e. The molecule has 1 N–H and O–H groups in total. The van der Waals surface area contributed by atoms with Crippen LogP contribution >= 0.6 is 0 Å². The summed E-state index contributed by atoms with van der Waals surface area (Å²) in [6, 6.07) is 12.0. The summed E-state index contributed by atoms with van der Waals surface area (Å²) in [6.45, 7) is 1.65. The molecule has 0 atom stereocenters. The number of hydrogen-bond acceptors (Lipinski definition) is 4. The first kappa shape index (κ1) is 23.1. The maximum Gasteiger partial charge on any atom is 0.256 e. The Bertz CT molecular complexity index is 1180. The number of nitrogens with one attached hydrogen (secondary N) is 1. The Morgan fingerprint density at radius 3 is 2.26 bits per heavy atom. The molecule has 8 heteroatoms. The van der Waals surface area contributed by atoms with E-state index in [2.05, 4.69) is 5.32 Å². The molecule has 7 nitrogen and oxygen atoms in total. The fourth-order valence-corrected chi connectivity index (χ4v) is 6.94. The van der Waals surface area contributed by atoms with Gasteiger partial charge in [-0.25, -0.2) is 8.42 Å². The number of anilines is 1. The van der Waals surface area contributed by atoms with Crippen LogP contribution in [0.5, 0.6) is 0 Å². The Kier molecular flexibility index (Phi) is 6.44. The highest BCUT2D eigenvalue weighted by Crippen LogP contribution is 2.33. The molecule has 2 amide bonds. The Labute approximate surface area is 201 Å². The molecule has 0 spiro atoms. The van der Waals surface area contributed by atoms with Crippen LogP contribution in [0.3, 0.4) is 0 Å². The molecular weight excluding hydrogens is 450 g/mol.